The van der Waals surface area contributed by atoms with E-state index in [0.29, 0.717) is 13.2 Å². The van der Waals surface area contributed by atoms with Gasteiger partial charge in [0.2, 0.25) is 0 Å². The SMILES string of the molecule is N[C@@H](Cc1ccc(O)cc1)C(=O)O.c1ccc(COCc2ccccc2)cc1. The third-order valence-electron chi connectivity index (χ3n) is 3.93. The van der Waals surface area contributed by atoms with Crippen molar-refractivity contribution in [2.75, 3.05) is 0 Å². The highest BCUT2D eigenvalue weighted by Crippen LogP contribution is 2.10. The number of rotatable bonds is 7. The molecular formula is C23H25NO4. The van der Waals surface area contributed by atoms with E-state index in [2.05, 4.69) is 24.3 Å². The Morgan fingerprint density at radius 2 is 1.25 bits per heavy atom. The minimum absolute atomic E-state index is 0.160. The van der Waals surface area contributed by atoms with E-state index in [1.165, 1.54) is 23.3 Å². The van der Waals surface area contributed by atoms with Crippen molar-refractivity contribution >= 4 is 5.97 Å². The lowest BCUT2D eigenvalue weighted by Gasteiger charge is -2.05. The summed E-state index contributed by atoms with van der Waals surface area (Å²) in [5.41, 5.74) is 8.56. The zero-order valence-electron chi connectivity index (χ0n) is 15.6. The van der Waals surface area contributed by atoms with Gasteiger partial charge in [-0.3, -0.25) is 4.79 Å². The van der Waals surface area contributed by atoms with Gasteiger partial charge in [-0.2, -0.15) is 0 Å². The predicted molar refractivity (Wildman–Crippen MR) is 109 cm³/mol. The van der Waals surface area contributed by atoms with Crippen LogP contribution in [0.15, 0.2) is 84.9 Å². The number of carboxylic acids is 1. The molecule has 0 radical (unpaired) electrons. The lowest BCUT2D eigenvalue weighted by Crippen LogP contribution is -2.32. The van der Waals surface area contributed by atoms with Crippen LogP contribution in [0, 0.1) is 0 Å². The van der Waals surface area contributed by atoms with Gasteiger partial charge in [-0.15, -0.1) is 0 Å². The topological polar surface area (TPSA) is 92.8 Å². The molecule has 0 heterocycles. The van der Waals surface area contributed by atoms with Crippen LogP contribution in [0.4, 0.5) is 0 Å². The minimum Gasteiger partial charge on any atom is -0.508 e. The molecule has 4 N–H and O–H groups in total. The van der Waals surface area contributed by atoms with Gasteiger partial charge >= 0.3 is 5.97 Å². The molecule has 3 aromatic carbocycles. The number of aliphatic carboxylic acids is 1. The summed E-state index contributed by atoms with van der Waals surface area (Å²) in [6.07, 6.45) is 0.273. The van der Waals surface area contributed by atoms with E-state index in [9.17, 15) is 4.79 Å². The Kier molecular flexibility index (Phi) is 8.72. The lowest BCUT2D eigenvalue weighted by molar-refractivity contribution is -0.138. The summed E-state index contributed by atoms with van der Waals surface area (Å²) in [7, 11) is 0. The quantitative estimate of drug-likeness (QED) is 0.581. The summed E-state index contributed by atoms with van der Waals surface area (Å²) in [6.45, 7) is 1.35. The molecule has 28 heavy (non-hydrogen) atoms. The fourth-order valence-electron chi connectivity index (χ4n) is 2.41. The fraction of sp³-hybridized carbons (Fsp3) is 0.174. The number of hydrogen-bond acceptors (Lipinski definition) is 4. The second-order valence-corrected chi connectivity index (χ2v) is 6.28. The molecule has 5 nitrogen and oxygen atoms in total. The van der Waals surface area contributed by atoms with Crippen molar-refractivity contribution in [2.24, 2.45) is 5.73 Å². The van der Waals surface area contributed by atoms with E-state index in [1.807, 2.05) is 36.4 Å². The second-order valence-electron chi connectivity index (χ2n) is 6.28. The molecule has 0 saturated heterocycles. The van der Waals surface area contributed by atoms with Gasteiger partial charge in [0, 0.05) is 0 Å². The summed E-state index contributed by atoms with van der Waals surface area (Å²) < 4.78 is 5.61. The normalized spacial score (nSPS) is 11.2. The van der Waals surface area contributed by atoms with Crippen LogP contribution < -0.4 is 5.73 Å². The van der Waals surface area contributed by atoms with E-state index in [1.54, 1.807) is 12.1 Å². The average Bonchev–Trinajstić information content (AvgIpc) is 2.72. The van der Waals surface area contributed by atoms with Crippen molar-refractivity contribution in [2.45, 2.75) is 25.7 Å². The van der Waals surface area contributed by atoms with E-state index in [-0.39, 0.29) is 12.2 Å². The first-order valence-electron chi connectivity index (χ1n) is 8.96. The first-order valence-corrected chi connectivity index (χ1v) is 8.96. The number of phenolic OH excluding ortho intramolecular Hbond substituents is 1. The Hall–Kier alpha value is -3.15. The molecule has 146 valence electrons. The molecule has 3 rings (SSSR count). The lowest BCUT2D eigenvalue weighted by atomic mass is 10.1. The van der Waals surface area contributed by atoms with Crippen LogP contribution in [0.25, 0.3) is 0 Å². The molecule has 0 saturated carbocycles. The number of nitrogens with two attached hydrogens (primary N) is 1. The maximum Gasteiger partial charge on any atom is 0.320 e. The van der Waals surface area contributed by atoms with E-state index in [4.69, 9.17) is 20.7 Å². The molecule has 0 spiro atoms. The summed E-state index contributed by atoms with van der Waals surface area (Å²) in [5, 5.41) is 17.5. The summed E-state index contributed by atoms with van der Waals surface area (Å²) >= 11 is 0. The molecule has 0 unspecified atom stereocenters. The molecular weight excluding hydrogens is 354 g/mol. The van der Waals surface area contributed by atoms with Crippen LogP contribution in [0.3, 0.4) is 0 Å². The van der Waals surface area contributed by atoms with Crippen LogP contribution in [-0.4, -0.2) is 22.2 Å². The maximum atomic E-state index is 10.4. The largest absolute Gasteiger partial charge is 0.508 e. The van der Waals surface area contributed by atoms with Crippen LogP contribution in [-0.2, 0) is 29.2 Å². The first-order chi connectivity index (χ1) is 13.5. The molecule has 0 bridgehead atoms. The fourth-order valence-corrected chi connectivity index (χ4v) is 2.41. The number of carbonyl (C=O) groups is 1. The standard InChI is InChI=1S/C14H14O.C9H11NO3/c1-3-7-13(8-4-1)11-15-12-14-9-5-2-6-10-14;10-8(9(12)13)5-6-1-3-7(11)4-2-6/h1-10H,11-12H2;1-4,8,11H,5,10H2,(H,12,13)/t;8-/m.0/s1. The zero-order valence-corrected chi connectivity index (χ0v) is 15.6. The average molecular weight is 379 g/mol. The van der Waals surface area contributed by atoms with Gasteiger partial charge in [0.15, 0.2) is 0 Å². The number of aromatic hydroxyl groups is 1. The van der Waals surface area contributed by atoms with Gasteiger partial charge in [0.25, 0.3) is 0 Å². The Morgan fingerprint density at radius 3 is 1.68 bits per heavy atom. The molecule has 1 atom stereocenters. The highest BCUT2D eigenvalue weighted by atomic mass is 16.5. The number of phenols is 1. The first kappa shape index (κ1) is 21.2. The molecule has 5 heteroatoms. The predicted octanol–water partition coefficient (Wildman–Crippen LogP) is 3.75. The molecule has 0 fully saturated rings. The summed E-state index contributed by atoms with van der Waals surface area (Å²) in [5.74, 6) is -0.860. The molecule has 0 amide bonds. The number of benzene rings is 3. The van der Waals surface area contributed by atoms with Crippen molar-refractivity contribution in [1.82, 2.24) is 0 Å². The zero-order chi connectivity index (χ0) is 20.2. The van der Waals surface area contributed by atoms with Crippen LogP contribution in [0.1, 0.15) is 16.7 Å². The van der Waals surface area contributed by atoms with Crippen LogP contribution in [0.2, 0.25) is 0 Å². The third kappa shape index (κ3) is 8.03. The van der Waals surface area contributed by atoms with E-state index < -0.39 is 12.0 Å². The van der Waals surface area contributed by atoms with Crippen molar-refractivity contribution in [3.05, 3.63) is 102 Å². The molecule has 0 aliphatic rings. The van der Waals surface area contributed by atoms with Gasteiger partial charge in [0.1, 0.15) is 11.8 Å². The highest BCUT2D eigenvalue weighted by Gasteiger charge is 2.11. The van der Waals surface area contributed by atoms with Gasteiger partial charge < -0.3 is 20.7 Å². The smallest absolute Gasteiger partial charge is 0.320 e. The van der Waals surface area contributed by atoms with Crippen LogP contribution in [0.5, 0.6) is 5.75 Å². The molecule has 0 aliphatic heterocycles. The number of ether oxygens (including phenoxy) is 1. The van der Waals surface area contributed by atoms with Gasteiger partial charge in [-0.1, -0.05) is 72.8 Å². The van der Waals surface area contributed by atoms with E-state index >= 15 is 0 Å². The minimum atomic E-state index is -1.02. The summed E-state index contributed by atoms with van der Waals surface area (Å²) in [4.78, 5) is 10.4. The monoisotopic (exact) mass is 379 g/mol. The Labute approximate surface area is 165 Å². The van der Waals surface area contributed by atoms with Crippen molar-refractivity contribution in [1.29, 1.82) is 0 Å². The molecule has 3 aromatic rings. The van der Waals surface area contributed by atoms with Crippen molar-refractivity contribution in [3.8, 4) is 5.75 Å². The van der Waals surface area contributed by atoms with Crippen molar-refractivity contribution < 1.29 is 19.7 Å². The Morgan fingerprint density at radius 1 is 0.786 bits per heavy atom. The maximum absolute atomic E-state index is 10.4. The Bertz CT molecular complexity index is 781. The number of carboxylic acid groups (broad SMARTS) is 1. The summed E-state index contributed by atoms with van der Waals surface area (Å²) in [6, 6.07) is 25.9. The van der Waals surface area contributed by atoms with Gasteiger partial charge in [-0.05, 0) is 35.2 Å². The Balaban J connectivity index is 0.000000203. The number of hydrogen-bond donors (Lipinski definition) is 3. The van der Waals surface area contributed by atoms with Gasteiger partial charge in [0.05, 0.1) is 13.2 Å². The molecule has 0 aliphatic carbocycles. The van der Waals surface area contributed by atoms with Crippen LogP contribution >= 0.6 is 0 Å². The third-order valence-corrected chi connectivity index (χ3v) is 3.93. The van der Waals surface area contributed by atoms with Gasteiger partial charge in [-0.25, -0.2) is 0 Å². The molecule has 0 aromatic heterocycles. The van der Waals surface area contributed by atoms with E-state index in [0.717, 1.165) is 5.56 Å². The van der Waals surface area contributed by atoms with Crippen molar-refractivity contribution in [3.63, 3.8) is 0 Å². The second kappa shape index (κ2) is 11.5. The highest BCUT2D eigenvalue weighted by molar-refractivity contribution is 5.73.